The van der Waals surface area contributed by atoms with Gasteiger partial charge in [-0.15, -0.1) is 0 Å². The molecule has 0 aliphatic heterocycles. The van der Waals surface area contributed by atoms with E-state index in [4.69, 9.17) is 4.98 Å². The maximum atomic E-state index is 13.3. The van der Waals surface area contributed by atoms with Crippen LogP contribution in [0.25, 0.3) is 21.8 Å². The molecule has 170 valence electrons. The van der Waals surface area contributed by atoms with Crippen LogP contribution < -0.4 is 5.56 Å². The van der Waals surface area contributed by atoms with Gasteiger partial charge in [-0.05, 0) is 43.2 Å². The van der Waals surface area contributed by atoms with E-state index >= 15 is 0 Å². The van der Waals surface area contributed by atoms with Crippen molar-refractivity contribution in [3.63, 3.8) is 0 Å². The number of benzene rings is 3. The van der Waals surface area contributed by atoms with Gasteiger partial charge in [0.2, 0.25) is 0 Å². The maximum Gasteiger partial charge on any atom is 0.282 e. The molecule has 0 radical (unpaired) electrons. The van der Waals surface area contributed by atoms with E-state index in [1.54, 1.807) is 12.3 Å². The van der Waals surface area contributed by atoms with Crippen molar-refractivity contribution in [2.45, 2.75) is 33.2 Å². The zero-order valence-electron chi connectivity index (χ0n) is 19.2. The van der Waals surface area contributed by atoms with Gasteiger partial charge >= 0.3 is 0 Å². The zero-order chi connectivity index (χ0) is 23.7. The van der Waals surface area contributed by atoms with Gasteiger partial charge in [-0.2, -0.15) is 9.78 Å². The van der Waals surface area contributed by atoms with Crippen molar-refractivity contribution in [1.29, 1.82) is 0 Å². The number of nitrogens with zero attached hydrogens (tertiary/aromatic N) is 4. The van der Waals surface area contributed by atoms with Crippen LogP contribution in [0.5, 0.6) is 0 Å². The summed E-state index contributed by atoms with van der Waals surface area (Å²) in [5.41, 5.74) is 5.12. The molecular weight excluding hydrogens is 488 g/mol. The van der Waals surface area contributed by atoms with Crippen LogP contribution in [-0.2, 0) is 13.0 Å². The Bertz CT molecular complexity index is 1600. The van der Waals surface area contributed by atoms with Crippen LogP contribution in [-0.4, -0.2) is 20.4 Å². The molecule has 0 saturated carbocycles. The lowest BCUT2D eigenvalue weighted by molar-refractivity contribution is 0.704. The van der Waals surface area contributed by atoms with Crippen LogP contribution in [0.4, 0.5) is 0 Å². The van der Waals surface area contributed by atoms with E-state index in [0.717, 1.165) is 33.9 Å². The van der Waals surface area contributed by atoms with E-state index in [9.17, 15) is 4.79 Å². The number of hydrogen-bond donors (Lipinski definition) is 0. The average Bonchev–Trinajstić information content (AvgIpc) is 3.17. The second kappa shape index (κ2) is 9.39. The van der Waals surface area contributed by atoms with Crippen molar-refractivity contribution in [2.75, 3.05) is 0 Å². The largest absolute Gasteiger partial charge is 0.342 e. The fourth-order valence-corrected chi connectivity index (χ4v) is 4.70. The van der Waals surface area contributed by atoms with Crippen molar-refractivity contribution in [1.82, 2.24) is 14.2 Å². The Morgan fingerprint density at radius 2 is 1.88 bits per heavy atom. The first-order valence-corrected chi connectivity index (χ1v) is 12.2. The Labute approximate surface area is 206 Å². The Kier molecular flexibility index (Phi) is 6.16. The van der Waals surface area contributed by atoms with E-state index in [1.807, 2.05) is 24.3 Å². The molecule has 3 aromatic carbocycles. The van der Waals surface area contributed by atoms with Gasteiger partial charge in [0.25, 0.3) is 5.56 Å². The lowest BCUT2D eigenvalue weighted by atomic mass is 10.1. The first-order chi connectivity index (χ1) is 16.5. The van der Waals surface area contributed by atoms with Crippen LogP contribution in [0.3, 0.4) is 0 Å². The van der Waals surface area contributed by atoms with E-state index in [-0.39, 0.29) is 5.56 Å². The molecule has 0 N–H and O–H groups in total. The third kappa shape index (κ3) is 4.33. The third-order valence-corrected chi connectivity index (χ3v) is 6.41. The van der Waals surface area contributed by atoms with Gasteiger partial charge < -0.3 is 4.57 Å². The van der Waals surface area contributed by atoms with Gasteiger partial charge in [-0.25, -0.2) is 4.98 Å². The summed E-state index contributed by atoms with van der Waals surface area (Å²) in [7, 11) is 0. The molecule has 0 bridgehead atoms. The minimum atomic E-state index is -0.158. The quantitative estimate of drug-likeness (QED) is 0.250. The minimum Gasteiger partial charge on any atom is -0.342 e. The molecule has 2 heterocycles. The minimum absolute atomic E-state index is 0.158. The maximum absolute atomic E-state index is 13.3. The monoisotopic (exact) mass is 512 g/mol. The Balaban J connectivity index is 1.60. The second-order valence-corrected chi connectivity index (χ2v) is 9.44. The number of aryl methyl sites for hydroxylation is 2. The van der Waals surface area contributed by atoms with E-state index in [0.29, 0.717) is 23.1 Å². The summed E-state index contributed by atoms with van der Waals surface area (Å²) in [4.78, 5) is 18.1. The molecule has 5 nitrogen and oxygen atoms in total. The highest BCUT2D eigenvalue weighted by Crippen LogP contribution is 2.22. The standard InChI is InChI=1S/C28H25BrN4O/c1-3-7-27-31-25-13-12-22(29)15-24(25)28(34)33(27)30-16-21-18-32(26-11-5-4-10-23(21)26)17-20-9-6-8-19(2)14-20/h4-6,8-16,18H,3,7,17H2,1-2H3. The van der Waals surface area contributed by atoms with Gasteiger partial charge in [0.15, 0.2) is 0 Å². The highest BCUT2D eigenvalue weighted by molar-refractivity contribution is 9.10. The normalized spacial score (nSPS) is 11.7. The summed E-state index contributed by atoms with van der Waals surface area (Å²) in [6.07, 6.45) is 5.43. The van der Waals surface area contributed by atoms with E-state index in [2.05, 4.69) is 82.0 Å². The molecule has 5 aromatic rings. The Morgan fingerprint density at radius 3 is 2.71 bits per heavy atom. The molecule has 0 amide bonds. The molecule has 5 rings (SSSR count). The highest BCUT2D eigenvalue weighted by atomic mass is 79.9. The molecule has 0 spiro atoms. The highest BCUT2D eigenvalue weighted by Gasteiger charge is 2.12. The first kappa shape index (κ1) is 22.3. The zero-order valence-corrected chi connectivity index (χ0v) is 20.8. The number of hydrogen-bond acceptors (Lipinski definition) is 3. The molecule has 0 atom stereocenters. The fourth-order valence-electron chi connectivity index (χ4n) is 4.34. The fraction of sp³-hybridized carbons (Fsp3) is 0.179. The topological polar surface area (TPSA) is 52.2 Å². The molecule has 2 aromatic heterocycles. The lowest BCUT2D eigenvalue weighted by Crippen LogP contribution is -2.22. The van der Waals surface area contributed by atoms with Crippen LogP contribution in [0.1, 0.15) is 35.9 Å². The summed E-state index contributed by atoms with van der Waals surface area (Å²) in [5.74, 6) is 0.669. The van der Waals surface area contributed by atoms with Crippen molar-refractivity contribution >= 4 is 44.0 Å². The molecule has 6 heteroatoms. The number of rotatable bonds is 6. The smallest absolute Gasteiger partial charge is 0.282 e. The van der Waals surface area contributed by atoms with Gasteiger partial charge in [-0.3, -0.25) is 4.79 Å². The van der Waals surface area contributed by atoms with E-state index in [1.165, 1.54) is 15.8 Å². The number of aromatic nitrogens is 3. The molecule has 0 aliphatic carbocycles. The van der Waals surface area contributed by atoms with Gasteiger partial charge in [0.05, 0.1) is 17.1 Å². The van der Waals surface area contributed by atoms with Crippen LogP contribution in [0, 0.1) is 6.92 Å². The van der Waals surface area contributed by atoms with Crippen molar-refractivity contribution in [2.24, 2.45) is 5.10 Å². The SMILES string of the molecule is CCCc1nc2ccc(Br)cc2c(=O)n1N=Cc1cn(Cc2cccc(C)c2)c2ccccc12. The summed E-state index contributed by atoms with van der Waals surface area (Å²) in [6.45, 7) is 4.95. The Morgan fingerprint density at radius 1 is 1.03 bits per heavy atom. The average molecular weight is 513 g/mol. The predicted molar refractivity (Wildman–Crippen MR) is 143 cm³/mol. The van der Waals surface area contributed by atoms with Gasteiger partial charge in [0, 0.05) is 40.1 Å². The Hall–Kier alpha value is -3.51. The van der Waals surface area contributed by atoms with Crippen LogP contribution >= 0.6 is 15.9 Å². The number of halogens is 1. The van der Waals surface area contributed by atoms with Gasteiger partial charge in [0.1, 0.15) is 5.82 Å². The summed E-state index contributed by atoms with van der Waals surface area (Å²) >= 11 is 3.46. The summed E-state index contributed by atoms with van der Waals surface area (Å²) < 4.78 is 4.53. The molecule has 0 aliphatic rings. The third-order valence-electron chi connectivity index (χ3n) is 5.92. The molecule has 34 heavy (non-hydrogen) atoms. The van der Waals surface area contributed by atoms with Gasteiger partial charge in [-0.1, -0.05) is 70.9 Å². The first-order valence-electron chi connectivity index (χ1n) is 11.4. The second-order valence-electron chi connectivity index (χ2n) is 8.52. The summed E-state index contributed by atoms with van der Waals surface area (Å²) in [5, 5.41) is 6.29. The molecular formula is C28H25BrN4O. The van der Waals surface area contributed by atoms with Crippen LogP contribution in [0.15, 0.2) is 87.3 Å². The molecule has 0 fully saturated rings. The van der Waals surface area contributed by atoms with Crippen molar-refractivity contribution in [3.05, 3.63) is 110 Å². The van der Waals surface area contributed by atoms with Crippen molar-refractivity contribution < 1.29 is 0 Å². The molecule has 0 unspecified atom stereocenters. The van der Waals surface area contributed by atoms with E-state index < -0.39 is 0 Å². The van der Waals surface area contributed by atoms with Crippen LogP contribution in [0.2, 0.25) is 0 Å². The number of para-hydroxylation sites is 1. The van der Waals surface area contributed by atoms with Crippen molar-refractivity contribution in [3.8, 4) is 0 Å². The molecule has 0 saturated heterocycles. The predicted octanol–water partition coefficient (Wildman–Crippen LogP) is 6.31. The lowest BCUT2D eigenvalue weighted by Gasteiger charge is -2.08. The number of fused-ring (bicyclic) bond motifs is 2. The summed E-state index contributed by atoms with van der Waals surface area (Å²) in [6, 6.07) is 22.4.